The van der Waals surface area contributed by atoms with E-state index in [1.165, 1.54) is 6.07 Å². The Hall–Kier alpha value is -1.66. The summed E-state index contributed by atoms with van der Waals surface area (Å²) in [6.07, 6.45) is -4.86. The normalized spacial score (nSPS) is 15.6. The van der Waals surface area contributed by atoms with E-state index in [1.54, 1.807) is 24.3 Å². The Morgan fingerprint density at radius 1 is 1.11 bits per heavy atom. The molecule has 0 amide bonds. The molecule has 6 heteroatoms. The summed E-state index contributed by atoms with van der Waals surface area (Å²) in [6, 6.07) is 9.33. The minimum Gasteiger partial charge on any atom is -0.374 e. The first-order valence-electron chi connectivity index (χ1n) is 5.24. The third kappa shape index (κ3) is 1.93. The van der Waals surface area contributed by atoms with Crippen molar-refractivity contribution in [2.75, 3.05) is 6.54 Å². The number of nitrogens with two attached hydrogens (primary N) is 1. The summed E-state index contributed by atoms with van der Waals surface area (Å²) in [4.78, 5) is 3.83. The molecule has 0 fully saturated rings. The van der Waals surface area contributed by atoms with Crippen molar-refractivity contribution in [2.24, 2.45) is 5.73 Å². The maximum absolute atomic E-state index is 12.8. The topological polar surface area (TPSA) is 59.1 Å². The highest BCUT2D eigenvalue weighted by atomic mass is 19.4. The number of halogens is 3. The van der Waals surface area contributed by atoms with E-state index in [2.05, 4.69) is 4.98 Å². The number of hydrogen-bond acceptors (Lipinski definition) is 3. The van der Waals surface area contributed by atoms with Crippen LogP contribution >= 0.6 is 0 Å². The summed E-state index contributed by atoms with van der Waals surface area (Å²) in [7, 11) is 0. The van der Waals surface area contributed by atoms with Crippen molar-refractivity contribution in [3.05, 3.63) is 42.1 Å². The van der Waals surface area contributed by atoms with Crippen LogP contribution in [0, 0.1) is 0 Å². The van der Waals surface area contributed by atoms with E-state index in [9.17, 15) is 18.3 Å². The minimum atomic E-state index is -4.86. The van der Waals surface area contributed by atoms with Gasteiger partial charge in [-0.3, -0.25) is 0 Å². The maximum Gasteiger partial charge on any atom is 0.424 e. The van der Waals surface area contributed by atoms with Gasteiger partial charge in [0.15, 0.2) is 0 Å². The molecule has 0 bridgehead atoms. The van der Waals surface area contributed by atoms with Gasteiger partial charge in [0, 0.05) is 11.9 Å². The third-order valence-electron chi connectivity index (χ3n) is 2.79. The molecule has 3 nitrogen and oxygen atoms in total. The standard InChI is InChI=1S/C12H11F3N2O/c13-12(14,15)11(18,7-16)10-6-5-8-3-1-2-4-9(8)17-10/h1-6,18H,7,16H2. The van der Waals surface area contributed by atoms with Crippen molar-refractivity contribution in [1.82, 2.24) is 4.98 Å². The molecular formula is C12H11F3N2O. The Balaban J connectivity index is 2.59. The number of pyridine rings is 1. The molecule has 0 saturated carbocycles. The second-order valence-electron chi connectivity index (χ2n) is 3.95. The lowest BCUT2D eigenvalue weighted by molar-refractivity contribution is -0.263. The molecule has 0 aliphatic heterocycles. The van der Waals surface area contributed by atoms with Gasteiger partial charge in [0.1, 0.15) is 0 Å². The van der Waals surface area contributed by atoms with Crippen molar-refractivity contribution in [3.63, 3.8) is 0 Å². The van der Waals surface area contributed by atoms with Crippen LogP contribution in [0.4, 0.5) is 13.2 Å². The maximum atomic E-state index is 12.8. The van der Waals surface area contributed by atoms with E-state index in [0.717, 1.165) is 6.07 Å². The zero-order valence-corrected chi connectivity index (χ0v) is 9.28. The first-order valence-corrected chi connectivity index (χ1v) is 5.24. The predicted molar refractivity (Wildman–Crippen MR) is 60.7 cm³/mol. The van der Waals surface area contributed by atoms with Crippen LogP contribution in [-0.2, 0) is 5.60 Å². The van der Waals surface area contributed by atoms with Crippen molar-refractivity contribution in [1.29, 1.82) is 0 Å². The lowest BCUT2D eigenvalue weighted by Crippen LogP contribution is -2.48. The summed E-state index contributed by atoms with van der Waals surface area (Å²) in [5.41, 5.74) is 1.84. The van der Waals surface area contributed by atoms with Crippen molar-refractivity contribution in [3.8, 4) is 0 Å². The number of para-hydroxylation sites is 1. The molecule has 2 aromatic rings. The molecule has 1 heterocycles. The smallest absolute Gasteiger partial charge is 0.374 e. The van der Waals surface area contributed by atoms with Crippen LogP contribution in [0.15, 0.2) is 36.4 Å². The van der Waals surface area contributed by atoms with Crippen LogP contribution in [0.3, 0.4) is 0 Å². The van der Waals surface area contributed by atoms with Crippen molar-refractivity contribution < 1.29 is 18.3 Å². The van der Waals surface area contributed by atoms with Gasteiger partial charge in [-0.1, -0.05) is 24.3 Å². The average Bonchev–Trinajstić information content (AvgIpc) is 2.35. The van der Waals surface area contributed by atoms with Crippen LogP contribution < -0.4 is 5.73 Å². The minimum absolute atomic E-state index is 0.381. The molecule has 2 rings (SSSR count). The summed E-state index contributed by atoms with van der Waals surface area (Å²) >= 11 is 0. The van der Waals surface area contributed by atoms with Gasteiger partial charge in [-0.05, 0) is 12.1 Å². The number of benzene rings is 1. The molecule has 0 saturated heterocycles. The van der Waals surface area contributed by atoms with Crippen LogP contribution in [0.5, 0.6) is 0 Å². The monoisotopic (exact) mass is 256 g/mol. The van der Waals surface area contributed by atoms with Crippen LogP contribution in [0.25, 0.3) is 10.9 Å². The van der Waals surface area contributed by atoms with Gasteiger partial charge in [-0.15, -0.1) is 0 Å². The zero-order chi connectivity index (χ0) is 13.4. The fourth-order valence-electron chi connectivity index (χ4n) is 1.66. The van der Waals surface area contributed by atoms with Gasteiger partial charge in [0.2, 0.25) is 5.60 Å². The second-order valence-corrected chi connectivity index (χ2v) is 3.95. The van der Waals surface area contributed by atoms with E-state index in [-0.39, 0.29) is 0 Å². The lowest BCUT2D eigenvalue weighted by atomic mass is 9.97. The van der Waals surface area contributed by atoms with E-state index in [0.29, 0.717) is 10.9 Å². The SMILES string of the molecule is NCC(O)(c1ccc2ccccc2n1)C(F)(F)F. The third-order valence-corrected chi connectivity index (χ3v) is 2.79. The van der Waals surface area contributed by atoms with E-state index in [1.807, 2.05) is 0 Å². The van der Waals surface area contributed by atoms with Crippen molar-refractivity contribution >= 4 is 10.9 Å². The molecule has 1 aromatic heterocycles. The van der Waals surface area contributed by atoms with E-state index in [4.69, 9.17) is 5.73 Å². The molecule has 1 atom stereocenters. The molecule has 0 spiro atoms. The molecule has 1 aromatic carbocycles. The van der Waals surface area contributed by atoms with Gasteiger partial charge in [0.25, 0.3) is 0 Å². The Labute approximate surface area is 101 Å². The lowest BCUT2D eigenvalue weighted by Gasteiger charge is -2.28. The Bertz CT molecular complexity index is 570. The number of aliphatic hydroxyl groups is 1. The first-order chi connectivity index (χ1) is 8.38. The van der Waals surface area contributed by atoms with Gasteiger partial charge in [-0.25, -0.2) is 4.98 Å². The highest BCUT2D eigenvalue weighted by Crippen LogP contribution is 2.37. The zero-order valence-electron chi connectivity index (χ0n) is 9.28. The molecule has 3 N–H and O–H groups in total. The summed E-state index contributed by atoms with van der Waals surface area (Å²) < 4.78 is 38.5. The Morgan fingerprint density at radius 3 is 2.39 bits per heavy atom. The molecule has 0 aliphatic rings. The highest BCUT2D eigenvalue weighted by Gasteiger charge is 2.55. The van der Waals surface area contributed by atoms with Gasteiger partial charge in [-0.2, -0.15) is 13.2 Å². The van der Waals surface area contributed by atoms with Crippen LogP contribution in [-0.4, -0.2) is 22.8 Å². The number of aromatic nitrogens is 1. The fourth-order valence-corrected chi connectivity index (χ4v) is 1.66. The number of nitrogens with zero attached hydrogens (tertiary/aromatic N) is 1. The van der Waals surface area contributed by atoms with E-state index >= 15 is 0 Å². The fraction of sp³-hybridized carbons (Fsp3) is 0.250. The molecule has 0 aliphatic carbocycles. The molecule has 96 valence electrons. The highest BCUT2D eigenvalue weighted by molar-refractivity contribution is 5.78. The van der Waals surface area contributed by atoms with Crippen molar-refractivity contribution in [2.45, 2.75) is 11.8 Å². The first kappa shape index (κ1) is 12.8. The number of alkyl halides is 3. The number of rotatable bonds is 2. The summed E-state index contributed by atoms with van der Waals surface area (Å²) in [5, 5.41) is 10.4. The van der Waals surface area contributed by atoms with Gasteiger partial charge < -0.3 is 10.8 Å². The van der Waals surface area contributed by atoms with Gasteiger partial charge in [0.05, 0.1) is 11.2 Å². The average molecular weight is 256 g/mol. The molecule has 0 radical (unpaired) electrons. The Morgan fingerprint density at radius 2 is 1.78 bits per heavy atom. The number of hydrogen-bond donors (Lipinski definition) is 2. The Kier molecular flexibility index (Phi) is 3.00. The largest absolute Gasteiger partial charge is 0.424 e. The summed E-state index contributed by atoms with van der Waals surface area (Å²) in [6.45, 7) is -0.970. The number of fused-ring (bicyclic) bond motifs is 1. The second kappa shape index (κ2) is 4.22. The molecule has 1 unspecified atom stereocenters. The van der Waals surface area contributed by atoms with Crippen LogP contribution in [0.1, 0.15) is 5.69 Å². The van der Waals surface area contributed by atoms with Gasteiger partial charge >= 0.3 is 6.18 Å². The quantitative estimate of drug-likeness (QED) is 0.863. The molecule has 18 heavy (non-hydrogen) atoms. The van der Waals surface area contributed by atoms with Crippen LogP contribution in [0.2, 0.25) is 0 Å². The molecular weight excluding hydrogens is 245 g/mol. The predicted octanol–water partition coefficient (Wildman–Crippen LogP) is 1.94. The summed E-state index contributed by atoms with van der Waals surface area (Å²) in [5.74, 6) is 0. The van der Waals surface area contributed by atoms with E-state index < -0.39 is 24.0 Å².